The molecule has 0 fully saturated rings. The fraction of sp³-hybridized carbons (Fsp3) is 0.471. The Morgan fingerprint density at radius 1 is 1.24 bits per heavy atom. The van der Waals surface area contributed by atoms with Gasteiger partial charge >= 0.3 is 6.18 Å². The number of fused-ring (bicyclic) bond motifs is 2. The third-order valence-electron chi connectivity index (χ3n) is 4.65. The van der Waals surface area contributed by atoms with Gasteiger partial charge in [0.05, 0.1) is 6.42 Å². The van der Waals surface area contributed by atoms with Gasteiger partial charge in [0.15, 0.2) is 11.5 Å². The van der Waals surface area contributed by atoms with Crippen molar-refractivity contribution in [2.24, 2.45) is 0 Å². The molecule has 3 heterocycles. The maximum Gasteiger partial charge on any atom is 0.390 e. The van der Waals surface area contributed by atoms with Crippen molar-refractivity contribution in [1.82, 2.24) is 10.1 Å². The molecule has 0 radical (unpaired) electrons. The normalized spacial score (nSPS) is 18.2. The van der Waals surface area contributed by atoms with E-state index in [9.17, 15) is 13.2 Å². The molecule has 1 aromatic carbocycles. The Hall–Kier alpha value is -2.22. The van der Waals surface area contributed by atoms with Gasteiger partial charge in [-0.25, -0.2) is 0 Å². The number of alkyl halides is 3. The van der Waals surface area contributed by atoms with Crippen LogP contribution in [0.5, 0.6) is 11.5 Å². The van der Waals surface area contributed by atoms with Crippen molar-refractivity contribution < 1.29 is 27.2 Å². The lowest BCUT2D eigenvalue weighted by atomic mass is 9.99. The average Bonchev–Trinajstić information content (AvgIpc) is 3.18. The van der Waals surface area contributed by atoms with Crippen molar-refractivity contribution >= 4 is 0 Å². The number of ether oxygens (including phenoxy) is 2. The lowest BCUT2D eigenvalue weighted by Crippen LogP contribution is -2.39. The molecule has 5 nitrogen and oxygen atoms in total. The van der Waals surface area contributed by atoms with E-state index in [1.54, 1.807) is 13.0 Å². The van der Waals surface area contributed by atoms with Gasteiger partial charge in [-0.3, -0.25) is 4.90 Å². The van der Waals surface area contributed by atoms with Crippen LogP contribution in [0.2, 0.25) is 0 Å². The minimum atomic E-state index is -4.17. The van der Waals surface area contributed by atoms with E-state index in [-0.39, 0.29) is 6.79 Å². The predicted molar refractivity (Wildman–Crippen MR) is 82.3 cm³/mol. The summed E-state index contributed by atoms with van der Waals surface area (Å²) in [5.41, 5.74) is 2.30. The Balaban J connectivity index is 1.59. The van der Waals surface area contributed by atoms with Crippen LogP contribution in [0.1, 0.15) is 24.7 Å². The topological polar surface area (TPSA) is 47.7 Å². The monoisotopic (exact) mass is 354 g/mol. The van der Waals surface area contributed by atoms with Crippen LogP contribution in [0.25, 0.3) is 11.3 Å². The first-order valence-corrected chi connectivity index (χ1v) is 8.09. The summed E-state index contributed by atoms with van der Waals surface area (Å²) in [5, 5.41) is 4.14. The maximum atomic E-state index is 12.7. The van der Waals surface area contributed by atoms with Gasteiger partial charge in [0.2, 0.25) is 6.79 Å². The molecule has 0 N–H and O–H groups in total. The van der Waals surface area contributed by atoms with Crippen molar-refractivity contribution in [3.8, 4) is 22.8 Å². The Bertz CT molecular complexity index is 788. The number of rotatable bonds is 3. The molecular formula is C17H17F3N2O3. The van der Waals surface area contributed by atoms with Crippen molar-refractivity contribution in [3.05, 3.63) is 29.5 Å². The highest BCUT2D eigenvalue weighted by Gasteiger charge is 2.35. The molecule has 4 rings (SSSR count). The number of halogens is 3. The Morgan fingerprint density at radius 2 is 2.04 bits per heavy atom. The van der Waals surface area contributed by atoms with E-state index in [0.717, 1.165) is 16.9 Å². The number of nitrogens with zero attached hydrogens (tertiary/aromatic N) is 2. The second-order valence-corrected chi connectivity index (χ2v) is 6.39. The molecule has 8 heteroatoms. The smallest absolute Gasteiger partial charge is 0.390 e. The van der Waals surface area contributed by atoms with Gasteiger partial charge in [-0.05, 0) is 25.1 Å². The molecule has 0 bridgehead atoms. The Morgan fingerprint density at radius 3 is 2.84 bits per heavy atom. The van der Waals surface area contributed by atoms with Crippen LogP contribution in [0, 0.1) is 0 Å². The summed E-state index contributed by atoms with van der Waals surface area (Å²) in [6.45, 7) is 2.70. The van der Waals surface area contributed by atoms with Gasteiger partial charge < -0.3 is 14.0 Å². The maximum absolute atomic E-state index is 12.7. The summed E-state index contributed by atoms with van der Waals surface area (Å²) in [7, 11) is 0. The minimum Gasteiger partial charge on any atom is -0.454 e. The molecule has 2 aliphatic heterocycles. The molecule has 0 amide bonds. The predicted octanol–water partition coefficient (Wildman–Crippen LogP) is 3.77. The second-order valence-electron chi connectivity index (χ2n) is 6.39. The van der Waals surface area contributed by atoms with Crippen LogP contribution in [-0.2, 0) is 13.0 Å². The third kappa shape index (κ3) is 3.18. The molecule has 0 unspecified atom stereocenters. The Kier molecular flexibility index (Phi) is 3.87. The van der Waals surface area contributed by atoms with E-state index in [1.807, 2.05) is 17.0 Å². The summed E-state index contributed by atoms with van der Waals surface area (Å²) < 4.78 is 54.2. The SMILES string of the molecule is C[C@@H](CC(F)(F)F)N1CCc2onc(-c3ccc4c(c3)OCO4)c2C1. The van der Waals surface area contributed by atoms with E-state index < -0.39 is 18.6 Å². The number of hydrogen-bond donors (Lipinski definition) is 0. The first-order valence-electron chi connectivity index (χ1n) is 8.09. The molecule has 1 aromatic heterocycles. The van der Waals surface area contributed by atoms with Crippen LogP contribution >= 0.6 is 0 Å². The first-order chi connectivity index (χ1) is 11.9. The molecule has 2 aliphatic rings. The highest BCUT2D eigenvalue weighted by Crippen LogP contribution is 2.38. The summed E-state index contributed by atoms with van der Waals surface area (Å²) in [5.74, 6) is 2.04. The van der Waals surface area contributed by atoms with Crippen LogP contribution in [0.4, 0.5) is 13.2 Å². The molecule has 1 atom stereocenters. The average molecular weight is 354 g/mol. The van der Waals surface area contributed by atoms with E-state index in [0.29, 0.717) is 36.7 Å². The van der Waals surface area contributed by atoms with Crippen LogP contribution < -0.4 is 9.47 Å². The van der Waals surface area contributed by atoms with E-state index in [1.165, 1.54) is 0 Å². The highest BCUT2D eigenvalue weighted by atomic mass is 19.4. The first kappa shape index (κ1) is 16.3. The summed E-state index contributed by atoms with van der Waals surface area (Å²) in [6.07, 6.45) is -4.45. The fourth-order valence-electron chi connectivity index (χ4n) is 3.34. The Labute approximate surface area is 142 Å². The zero-order valence-corrected chi connectivity index (χ0v) is 13.6. The van der Waals surface area contributed by atoms with Crippen molar-refractivity contribution in [2.45, 2.75) is 38.5 Å². The summed E-state index contributed by atoms with van der Waals surface area (Å²) >= 11 is 0. The standard InChI is InChI=1S/C17H17F3N2O3/c1-10(7-17(18,19)20)22-5-4-13-12(8-22)16(21-25-13)11-2-3-14-15(6-11)24-9-23-14/h2-3,6,10H,4-5,7-9H2,1H3/t10-/m0/s1. The minimum absolute atomic E-state index is 0.179. The second kappa shape index (κ2) is 5.94. The van der Waals surface area contributed by atoms with Gasteiger partial charge in [0, 0.05) is 36.7 Å². The van der Waals surface area contributed by atoms with Gasteiger partial charge in [-0.2, -0.15) is 13.2 Å². The molecule has 134 valence electrons. The van der Waals surface area contributed by atoms with Gasteiger partial charge in [-0.1, -0.05) is 5.16 Å². The van der Waals surface area contributed by atoms with Crippen molar-refractivity contribution in [2.75, 3.05) is 13.3 Å². The van der Waals surface area contributed by atoms with Gasteiger partial charge in [0.25, 0.3) is 0 Å². The lowest BCUT2D eigenvalue weighted by molar-refractivity contribution is -0.146. The summed E-state index contributed by atoms with van der Waals surface area (Å²) in [6, 6.07) is 4.88. The van der Waals surface area contributed by atoms with Gasteiger partial charge in [-0.15, -0.1) is 0 Å². The van der Waals surface area contributed by atoms with Crippen LogP contribution in [0.15, 0.2) is 22.7 Å². The zero-order valence-electron chi connectivity index (χ0n) is 13.6. The summed E-state index contributed by atoms with van der Waals surface area (Å²) in [4.78, 5) is 1.82. The van der Waals surface area contributed by atoms with Crippen molar-refractivity contribution in [1.29, 1.82) is 0 Å². The third-order valence-corrected chi connectivity index (χ3v) is 4.65. The van der Waals surface area contributed by atoms with Gasteiger partial charge in [0.1, 0.15) is 11.5 Å². The van der Waals surface area contributed by atoms with Crippen molar-refractivity contribution in [3.63, 3.8) is 0 Å². The molecular weight excluding hydrogens is 337 g/mol. The quantitative estimate of drug-likeness (QED) is 0.840. The number of aromatic nitrogens is 1. The molecule has 0 saturated heterocycles. The van der Waals surface area contributed by atoms with Crippen LogP contribution in [-0.4, -0.2) is 35.6 Å². The number of hydrogen-bond acceptors (Lipinski definition) is 5. The van der Waals surface area contributed by atoms with E-state index >= 15 is 0 Å². The largest absolute Gasteiger partial charge is 0.454 e. The lowest BCUT2D eigenvalue weighted by Gasteiger charge is -2.32. The molecule has 0 aliphatic carbocycles. The number of benzene rings is 1. The molecule has 0 spiro atoms. The molecule has 0 saturated carbocycles. The highest BCUT2D eigenvalue weighted by molar-refractivity contribution is 5.67. The van der Waals surface area contributed by atoms with E-state index in [2.05, 4.69) is 5.16 Å². The van der Waals surface area contributed by atoms with E-state index in [4.69, 9.17) is 14.0 Å². The fourth-order valence-corrected chi connectivity index (χ4v) is 3.34. The van der Waals surface area contributed by atoms with Crippen LogP contribution in [0.3, 0.4) is 0 Å². The molecule has 2 aromatic rings. The molecule has 25 heavy (non-hydrogen) atoms. The zero-order chi connectivity index (χ0) is 17.6.